The lowest BCUT2D eigenvalue weighted by molar-refractivity contribution is -0.465. The molecule has 0 bridgehead atoms. The zero-order valence-corrected chi connectivity index (χ0v) is 52.7. The number of thiol groups is 1. The Bertz CT molecular complexity index is 3290. The molecule has 4 aromatic rings. The SMILES string of the molecule is C=Cc1ccc(COC(=O)CC[C@@H](NC)C(=O)C[C@@H](CCC(=O)OCc2cc(OC)c(OC)cc2[N+](=O)[O-])C(C)=O)cc1.C=Cc1ccc(COC(=O)CC[C@@H]2NC(=O)OC2=O)cc1.Cc1cc(COC(=O)CC[C@@H]2NC(=O)OC2=O)c([N+](=O)[O-])cc1C.OOO.[2H]CS. The summed E-state index contributed by atoms with van der Waals surface area (Å²) < 4.78 is 45.6. The fraction of sp³-hybridized carbons (Fsp3) is 0.387. The van der Waals surface area contributed by atoms with Crippen LogP contribution in [-0.4, -0.2) is 126 Å². The van der Waals surface area contributed by atoms with Crippen LogP contribution in [0.2, 0.25) is 0 Å². The van der Waals surface area contributed by atoms with Gasteiger partial charge in [-0.2, -0.15) is 12.6 Å². The highest BCUT2D eigenvalue weighted by atomic mass is 32.1. The fourth-order valence-corrected chi connectivity index (χ4v) is 8.32. The van der Waals surface area contributed by atoms with E-state index < -0.39 is 88.5 Å². The van der Waals surface area contributed by atoms with Crippen LogP contribution < -0.4 is 25.4 Å². The van der Waals surface area contributed by atoms with Crippen LogP contribution in [0.15, 0.2) is 86.0 Å². The van der Waals surface area contributed by atoms with Crippen molar-refractivity contribution in [3.63, 3.8) is 0 Å². The molecule has 0 unspecified atom stereocenters. The van der Waals surface area contributed by atoms with Crippen molar-refractivity contribution in [3.8, 4) is 11.5 Å². The van der Waals surface area contributed by atoms with E-state index in [0.717, 1.165) is 33.4 Å². The van der Waals surface area contributed by atoms with E-state index in [1.807, 2.05) is 48.5 Å². The molecule has 4 atom stereocenters. The number of alkyl carbamates (subject to hydrolysis) is 2. The number of hydrogen-bond acceptors (Lipinski definition) is 27. The average molecular weight is 1320 g/mol. The summed E-state index contributed by atoms with van der Waals surface area (Å²) in [6, 6.07) is 18.1. The van der Waals surface area contributed by atoms with Gasteiger partial charge in [-0.1, -0.05) is 78.9 Å². The van der Waals surface area contributed by atoms with Gasteiger partial charge in [0.1, 0.15) is 50.1 Å². The third-order valence-electron chi connectivity index (χ3n) is 13.6. The third-order valence-corrected chi connectivity index (χ3v) is 13.6. The van der Waals surface area contributed by atoms with E-state index >= 15 is 0 Å². The Morgan fingerprint density at radius 2 is 1.03 bits per heavy atom. The number of ketones is 2. The molecule has 0 radical (unpaired) electrons. The summed E-state index contributed by atoms with van der Waals surface area (Å²) in [5.74, 6) is -4.49. The number of nitrogens with one attached hydrogen (secondary N) is 3. The van der Waals surface area contributed by atoms with E-state index in [2.05, 4.69) is 56.2 Å². The Balaban J connectivity index is 0.000000496. The van der Waals surface area contributed by atoms with E-state index in [4.69, 9.17) is 40.3 Å². The number of amides is 2. The molecule has 31 heteroatoms. The number of esters is 6. The Labute approximate surface area is 541 Å². The molecule has 30 nitrogen and oxygen atoms in total. The van der Waals surface area contributed by atoms with Crippen molar-refractivity contribution in [1.29, 1.82) is 0 Å². The van der Waals surface area contributed by atoms with Crippen LogP contribution in [-0.2, 0) is 98.2 Å². The highest BCUT2D eigenvalue weighted by molar-refractivity contribution is 7.79. The summed E-state index contributed by atoms with van der Waals surface area (Å²) in [6.07, 6.45) is 2.06. The third kappa shape index (κ3) is 28.4. The molecule has 2 aliphatic rings. The van der Waals surface area contributed by atoms with Crippen LogP contribution >= 0.6 is 12.6 Å². The Kier molecular flexibility index (Phi) is 35.1. The number of nitro groups is 2. The number of nitro benzene ring substituents is 2. The van der Waals surface area contributed by atoms with E-state index in [-0.39, 0.29) is 124 Å². The number of carbonyl (C=O) groups is 10. The number of aryl methyl sites for hydroxylation is 2. The minimum Gasteiger partial charge on any atom is -0.493 e. The lowest BCUT2D eigenvalue weighted by Crippen LogP contribution is -2.36. The molecule has 0 spiro atoms. The van der Waals surface area contributed by atoms with Crippen molar-refractivity contribution < 1.29 is 113 Å². The molecule has 4 aromatic carbocycles. The van der Waals surface area contributed by atoms with Gasteiger partial charge in [-0.3, -0.25) is 49.0 Å². The standard InChI is InChI=1S/C31H38N2O10.C15H16N2O7.C15H15NO5.CH4S.H2O3/c1-6-21-7-9-22(10-8-21)18-42-31(37)14-12-25(32-3)27(35)15-23(20(2)34)11-13-30(36)43-19-24-16-28(40-4)29(41-5)17-26(24)33(38)39;1-8-5-10(12(17(21)22)6-9(8)2)7-23-13(18)4-3-11-14(19)24-15(20)16-11;1-2-10-3-5-11(6-4-10)9-20-13(17)8-7-12-14(18)21-15(19)16-12;1-2;1-3-2/h6-10,16-17,23,25,32H,1,11-15,18-19H2,2-5H3;5-6,11H,3-4,7H2,1-2H3,(H,16,20);2-6,12H,1,7-9H2,(H,16,19);2H,1H3;1-2H/t23-,25-;11-;12-;;/m100../s1/i;;;1D;. The molecular weight excluding hydrogens is 1250 g/mol. The molecule has 5 N–H and O–H groups in total. The zero-order valence-electron chi connectivity index (χ0n) is 52.8. The van der Waals surface area contributed by atoms with Gasteiger partial charge in [0.05, 0.1) is 47.3 Å². The Morgan fingerprint density at radius 1 is 0.656 bits per heavy atom. The van der Waals surface area contributed by atoms with E-state index in [1.165, 1.54) is 39.3 Å². The van der Waals surface area contributed by atoms with Gasteiger partial charge < -0.3 is 53.8 Å². The van der Waals surface area contributed by atoms with Crippen molar-refractivity contribution in [3.05, 3.63) is 151 Å². The number of Topliss-reactive ketones (excluding diaryl/α,β-unsaturated/α-hetero) is 2. The highest BCUT2D eigenvalue weighted by Crippen LogP contribution is 2.35. The smallest absolute Gasteiger partial charge is 0.415 e. The number of likely N-dealkylation sites (N-methyl/N-ethyl adjacent to an activating group) is 1. The maximum Gasteiger partial charge on any atom is 0.415 e. The first-order valence-electron chi connectivity index (χ1n) is 28.7. The fourth-order valence-electron chi connectivity index (χ4n) is 8.32. The summed E-state index contributed by atoms with van der Waals surface area (Å²) in [7, 11) is 4.30. The predicted octanol–water partition coefficient (Wildman–Crippen LogP) is 8.31. The van der Waals surface area contributed by atoms with Gasteiger partial charge in [0, 0.05) is 45.5 Å². The topological polar surface area (TPSA) is 417 Å². The normalized spacial score (nSPS) is 14.1. The quantitative estimate of drug-likeness (QED) is 0.00524. The van der Waals surface area contributed by atoms with Crippen molar-refractivity contribution in [2.75, 3.05) is 27.5 Å². The highest BCUT2D eigenvalue weighted by Gasteiger charge is 2.34. The number of rotatable bonds is 31. The van der Waals surface area contributed by atoms with Crippen LogP contribution in [0.4, 0.5) is 21.0 Å². The van der Waals surface area contributed by atoms with Crippen molar-refractivity contribution in [2.45, 2.75) is 123 Å². The first-order chi connectivity index (χ1) is 44.7. The van der Waals surface area contributed by atoms with Crippen LogP contribution in [0.5, 0.6) is 11.5 Å². The molecule has 2 aliphatic heterocycles. The molecule has 0 saturated carbocycles. The van der Waals surface area contributed by atoms with Gasteiger partial charge >= 0.3 is 48.0 Å². The molecule has 2 saturated heterocycles. The summed E-state index contributed by atoms with van der Waals surface area (Å²) in [6.45, 7) is 11.9. The van der Waals surface area contributed by atoms with Gasteiger partial charge in [0.25, 0.3) is 11.4 Å². The molecule has 504 valence electrons. The minimum atomic E-state index is -0.874. The number of carbonyl (C=O) groups excluding carboxylic acids is 10. The molecule has 6 rings (SSSR count). The molecule has 0 aliphatic carbocycles. The summed E-state index contributed by atoms with van der Waals surface area (Å²) in [4.78, 5) is 139. The zero-order chi connectivity index (χ0) is 70.5. The van der Waals surface area contributed by atoms with Gasteiger partial charge in [-0.15, -0.1) is 0 Å². The van der Waals surface area contributed by atoms with Crippen LogP contribution in [0.3, 0.4) is 0 Å². The van der Waals surface area contributed by atoms with Gasteiger partial charge in [-0.25, -0.2) is 29.7 Å². The number of nitrogens with zero attached hydrogens (tertiary/aromatic N) is 2. The maximum absolute atomic E-state index is 12.9. The molecule has 93 heavy (non-hydrogen) atoms. The Morgan fingerprint density at radius 3 is 1.41 bits per heavy atom. The van der Waals surface area contributed by atoms with E-state index in [9.17, 15) is 68.2 Å². The molecular formula is C62H75N5O25S. The largest absolute Gasteiger partial charge is 0.493 e. The van der Waals surface area contributed by atoms with Crippen molar-refractivity contribution in [1.82, 2.24) is 16.0 Å². The number of hydrogen-bond donors (Lipinski definition) is 6. The number of cyclic esters (lactones) is 4. The number of benzene rings is 4. The lowest BCUT2D eigenvalue weighted by atomic mass is 9.90. The van der Waals surface area contributed by atoms with Gasteiger partial charge in [0.15, 0.2) is 11.5 Å². The van der Waals surface area contributed by atoms with Gasteiger partial charge in [0.2, 0.25) is 0 Å². The summed E-state index contributed by atoms with van der Waals surface area (Å²) in [5, 5.41) is 45.5. The predicted molar refractivity (Wildman–Crippen MR) is 333 cm³/mol. The summed E-state index contributed by atoms with van der Waals surface area (Å²) in [5.41, 5.74) is 5.23. The maximum atomic E-state index is 12.9. The molecule has 2 amide bonds. The van der Waals surface area contributed by atoms with E-state index in [1.54, 1.807) is 39.1 Å². The monoisotopic (exact) mass is 1320 g/mol. The van der Waals surface area contributed by atoms with Crippen LogP contribution in [0, 0.1) is 40.0 Å². The first-order valence-corrected chi connectivity index (χ1v) is 28.6. The van der Waals surface area contributed by atoms with Crippen molar-refractivity contribution in [2.24, 2.45) is 5.92 Å². The lowest BCUT2D eigenvalue weighted by Gasteiger charge is -2.18. The van der Waals surface area contributed by atoms with Crippen LogP contribution in [0.1, 0.15) is 111 Å². The minimum absolute atomic E-state index is 0.00132. The molecule has 2 fully saturated rings. The summed E-state index contributed by atoms with van der Waals surface area (Å²) >= 11 is 3.46. The molecule has 0 aromatic heterocycles. The molecule has 2 heterocycles. The van der Waals surface area contributed by atoms with E-state index in [0.29, 0.717) is 5.56 Å². The second kappa shape index (κ2) is 42.2. The van der Waals surface area contributed by atoms with Gasteiger partial charge in [-0.05, 0) is 105 Å². The Hall–Kier alpha value is -9.95. The second-order valence-electron chi connectivity index (χ2n) is 19.8. The second-order valence-corrected chi connectivity index (χ2v) is 19.8. The average Bonchev–Trinajstić information content (AvgIpc) is 1.29. The van der Waals surface area contributed by atoms with Crippen molar-refractivity contribution >= 4 is 95.7 Å². The van der Waals surface area contributed by atoms with Crippen LogP contribution in [0.25, 0.3) is 12.2 Å². The number of methoxy groups -OCH3 is 2. The first kappa shape index (κ1) is 77.3. The number of ether oxygens (including phenoxy) is 8.